The zero-order valence-corrected chi connectivity index (χ0v) is 9.54. The number of aromatic nitrogens is 2. The summed E-state index contributed by atoms with van der Waals surface area (Å²) in [5, 5.41) is 2.66. The molecule has 0 saturated carbocycles. The van der Waals surface area contributed by atoms with E-state index in [2.05, 4.69) is 10.3 Å². The molecule has 18 heavy (non-hydrogen) atoms. The molecular formula is C12H12N4O2. The van der Waals surface area contributed by atoms with Crippen LogP contribution in [0.5, 0.6) is 0 Å². The number of nitrogen functional groups attached to an aromatic ring is 1. The highest BCUT2D eigenvalue weighted by Gasteiger charge is 2.05. The number of anilines is 2. The first-order chi connectivity index (χ1) is 8.65. The van der Waals surface area contributed by atoms with E-state index in [1.807, 2.05) is 0 Å². The van der Waals surface area contributed by atoms with Crippen LogP contribution >= 0.6 is 0 Å². The Morgan fingerprint density at radius 2 is 2.00 bits per heavy atom. The second-order valence-corrected chi connectivity index (χ2v) is 3.71. The van der Waals surface area contributed by atoms with Gasteiger partial charge in [0.15, 0.2) is 0 Å². The lowest BCUT2D eigenvalue weighted by atomic mass is 10.4. The summed E-state index contributed by atoms with van der Waals surface area (Å²) >= 11 is 0. The lowest BCUT2D eigenvalue weighted by Gasteiger charge is -2.07. The normalized spacial score (nSPS) is 10.0. The van der Waals surface area contributed by atoms with Crippen molar-refractivity contribution in [1.29, 1.82) is 0 Å². The number of nitrogens with one attached hydrogen (secondary N) is 1. The fraction of sp³-hybridized carbons (Fsp3) is 0.0833. The molecule has 0 saturated heterocycles. The SMILES string of the molecule is Nc1ccc(=O)n(CC(=O)Nc2ccncc2)c1. The van der Waals surface area contributed by atoms with Crippen molar-refractivity contribution in [2.75, 3.05) is 11.1 Å². The van der Waals surface area contributed by atoms with E-state index >= 15 is 0 Å². The molecule has 6 nitrogen and oxygen atoms in total. The third kappa shape index (κ3) is 2.94. The largest absolute Gasteiger partial charge is 0.398 e. The zero-order chi connectivity index (χ0) is 13.0. The van der Waals surface area contributed by atoms with Gasteiger partial charge >= 0.3 is 0 Å². The molecular weight excluding hydrogens is 232 g/mol. The molecule has 6 heteroatoms. The number of carbonyl (C=O) groups excluding carboxylic acids is 1. The van der Waals surface area contributed by atoms with Crippen LogP contribution in [-0.2, 0) is 11.3 Å². The Kier molecular flexibility index (Phi) is 3.38. The molecule has 0 unspecified atom stereocenters. The second kappa shape index (κ2) is 5.13. The maximum absolute atomic E-state index is 11.7. The summed E-state index contributed by atoms with van der Waals surface area (Å²) in [6.07, 6.45) is 4.58. The highest BCUT2D eigenvalue weighted by Crippen LogP contribution is 2.03. The molecule has 2 heterocycles. The minimum Gasteiger partial charge on any atom is -0.398 e. The van der Waals surface area contributed by atoms with Crippen LogP contribution < -0.4 is 16.6 Å². The van der Waals surface area contributed by atoms with Gasteiger partial charge in [0.2, 0.25) is 5.91 Å². The van der Waals surface area contributed by atoms with E-state index in [0.29, 0.717) is 11.4 Å². The molecule has 0 atom stereocenters. The van der Waals surface area contributed by atoms with Gasteiger partial charge in [-0.25, -0.2) is 0 Å². The maximum Gasteiger partial charge on any atom is 0.251 e. The molecule has 92 valence electrons. The summed E-state index contributed by atoms with van der Waals surface area (Å²) in [7, 11) is 0. The van der Waals surface area contributed by atoms with Crippen LogP contribution in [-0.4, -0.2) is 15.5 Å². The quantitative estimate of drug-likeness (QED) is 0.821. The Morgan fingerprint density at radius 3 is 2.72 bits per heavy atom. The predicted octanol–water partition coefficient (Wildman–Crippen LogP) is 0.464. The number of nitrogens with two attached hydrogens (primary N) is 1. The maximum atomic E-state index is 11.7. The smallest absolute Gasteiger partial charge is 0.251 e. The average Bonchev–Trinajstić information content (AvgIpc) is 2.35. The van der Waals surface area contributed by atoms with Crippen molar-refractivity contribution in [3.63, 3.8) is 0 Å². The summed E-state index contributed by atoms with van der Waals surface area (Å²) in [4.78, 5) is 27.0. The highest BCUT2D eigenvalue weighted by molar-refractivity contribution is 5.90. The van der Waals surface area contributed by atoms with E-state index in [4.69, 9.17) is 5.73 Å². The molecule has 0 aliphatic rings. The number of hydrogen-bond acceptors (Lipinski definition) is 4. The van der Waals surface area contributed by atoms with E-state index in [1.54, 1.807) is 24.5 Å². The van der Waals surface area contributed by atoms with Gasteiger partial charge in [0.1, 0.15) is 6.54 Å². The van der Waals surface area contributed by atoms with Crippen LogP contribution in [0.15, 0.2) is 47.7 Å². The number of pyridine rings is 2. The lowest BCUT2D eigenvalue weighted by Crippen LogP contribution is -2.26. The average molecular weight is 244 g/mol. The Labute approximate surface area is 103 Å². The highest BCUT2D eigenvalue weighted by atomic mass is 16.2. The van der Waals surface area contributed by atoms with Crippen molar-refractivity contribution in [2.24, 2.45) is 0 Å². The Hall–Kier alpha value is -2.63. The fourth-order valence-corrected chi connectivity index (χ4v) is 1.46. The minimum atomic E-state index is -0.297. The number of hydrogen-bond donors (Lipinski definition) is 2. The molecule has 2 rings (SSSR count). The van der Waals surface area contributed by atoms with Gasteiger partial charge in [-0.15, -0.1) is 0 Å². The Bertz CT molecular complexity index is 607. The van der Waals surface area contributed by atoms with Crippen LogP contribution in [0.2, 0.25) is 0 Å². The van der Waals surface area contributed by atoms with Gasteiger partial charge < -0.3 is 15.6 Å². The van der Waals surface area contributed by atoms with Crippen molar-refractivity contribution in [3.8, 4) is 0 Å². The van der Waals surface area contributed by atoms with Gasteiger partial charge in [-0.3, -0.25) is 14.6 Å². The first-order valence-corrected chi connectivity index (χ1v) is 5.31. The van der Waals surface area contributed by atoms with E-state index in [0.717, 1.165) is 0 Å². The van der Waals surface area contributed by atoms with Crippen molar-refractivity contribution < 1.29 is 4.79 Å². The molecule has 0 bridgehead atoms. The van der Waals surface area contributed by atoms with Crippen LogP contribution in [0.3, 0.4) is 0 Å². The third-order valence-corrected chi connectivity index (χ3v) is 2.28. The van der Waals surface area contributed by atoms with Crippen LogP contribution in [0.4, 0.5) is 11.4 Å². The second-order valence-electron chi connectivity index (χ2n) is 3.71. The first kappa shape index (κ1) is 11.8. The van der Waals surface area contributed by atoms with E-state index in [1.165, 1.54) is 22.9 Å². The van der Waals surface area contributed by atoms with Crippen molar-refractivity contribution >= 4 is 17.3 Å². The van der Waals surface area contributed by atoms with Crippen LogP contribution in [0.1, 0.15) is 0 Å². The standard InChI is InChI=1S/C12H12N4O2/c13-9-1-2-12(18)16(7-9)8-11(17)15-10-3-5-14-6-4-10/h1-7H,8,13H2,(H,14,15,17). The van der Waals surface area contributed by atoms with Gasteiger partial charge in [0, 0.05) is 36.0 Å². The summed E-state index contributed by atoms with van der Waals surface area (Å²) in [5.74, 6) is -0.297. The monoisotopic (exact) mass is 244 g/mol. The lowest BCUT2D eigenvalue weighted by molar-refractivity contribution is -0.116. The molecule has 1 amide bonds. The number of rotatable bonds is 3. The minimum absolute atomic E-state index is 0.0772. The molecule has 2 aromatic rings. The molecule has 0 aliphatic heterocycles. The Morgan fingerprint density at radius 1 is 1.28 bits per heavy atom. The third-order valence-electron chi connectivity index (χ3n) is 2.28. The molecule has 0 aliphatic carbocycles. The first-order valence-electron chi connectivity index (χ1n) is 5.31. The van der Waals surface area contributed by atoms with Crippen LogP contribution in [0, 0.1) is 0 Å². The van der Waals surface area contributed by atoms with Crippen molar-refractivity contribution in [1.82, 2.24) is 9.55 Å². The summed E-state index contributed by atoms with van der Waals surface area (Å²) in [6, 6.07) is 6.16. The molecule has 0 radical (unpaired) electrons. The van der Waals surface area contributed by atoms with Gasteiger partial charge in [0.05, 0.1) is 0 Å². The number of carbonyl (C=O) groups is 1. The summed E-state index contributed by atoms with van der Waals surface area (Å²) in [6.45, 7) is -0.0772. The van der Waals surface area contributed by atoms with Crippen molar-refractivity contribution in [3.05, 3.63) is 53.2 Å². The topological polar surface area (TPSA) is 90.0 Å². The zero-order valence-electron chi connectivity index (χ0n) is 9.54. The van der Waals surface area contributed by atoms with Gasteiger partial charge in [-0.2, -0.15) is 0 Å². The molecule has 0 fully saturated rings. The number of nitrogens with zero attached hydrogens (tertiary/aromatic N) is 2. The molecule has 0 aromatic carbocycles. The molecule has 3 N–H and O–H groups in total. The summed E-state index contributed by atoms with van der Waals surface area (Å²) in [5.41, 5.74) is 6.35. The van der Waals surface area contributed by atoms with E-state index in [-0.39, 0.29) is 18.0 Å². The molecule has 0 spiro atoms. The van der Waals surface area contributed by atoms with Crippen molar-refractivity contribution in [2.45, 2.75) is 6.54 Å². The fourth-order valence-electron chi connectivity index (χ4n) is 1.46. The predicted molar refractivity (Wildman–Crippen MR) is 68.0 cm³/mol. The van der Waals surface area contributed by atoms with Crippen LogP contribution in [0.25, 0.3) is 0 Å². The summed E-state index contributed by atoms with van der Waals surface area (Å²) < 4.78 is 1.26. The van der Waals surface area contributed by atoms with Gasteiger partial charge in [0.25, 0.3) is 5.56 Å². The van der Waals surface area contributed by atoms with E-state index in [9.17, 15) is 9.59 Å². The van der Waals surface area contributed by atoms with Gasteiger partial charge in [-0.05, 0) is 18.2 Å². The van der Waals surface area contributed by atoms with E-state index < -0.39 is 0 Å². The number of amides is 1. The Balaban J connectivity index is 2.08. The van der Waals surface area contributed by atoms with Gasteiger partial charge in [-0.1, -0.05) is 0 Å². The molecule has 2 aromatic heterocycles.